The molecule has 0 amide bonds. The van der Waals surface area contributed by atoms with Gasteiger partial charge < -0.3 is 23.7 Å². The number of hydrogen-bond donors (Lipinski definition) is 0. The zero-order valence-corrected chi connectivity index (χ0v) is 80.9. The molecule has 0 unspecified atom stereocenters. The zero-order valence-electron chi connectivity index (χ0n) is 75.6. The van der Waals surface area contributed by atoms with Gasteiger partial charge in [-0.15, -0.1) is 0 Å². The summed E-state index contributed by atoms with van der Waals surface area (Å²) >= 11 is 43.1. The number of rotatable bonds is 20. The van der Waals surface area contributed by atoms with Gasteiger partial charge in [0.15, 0.2) is 0 Å². The van der Waals surface area contributed by atoms with Gasteiger partial charge in [-0.25, -0.2) is 71.5 Å². The Morgan fingerprint density at radius 3 is 1.01 bits per heavy atom. The van der Waals surface area contributed by atoms with E-state index in [9.17, 15) is 37.1 Å². The van der Waals surface area contributed by atoms with E-state index >= 15 is 0 Å². The summed E-state index contributed by atoms with van der Waals surface area (Å²) in [4.78, 5) is 81.1. The second kappa shape index (κ2) is 43.1. The SMILES string of the molecule is COC(=O)c1cccc(Cc2c(-c3ccc(Cl)cc3)nn3cc(Cl)ccc23)n1.COC(=O)c1cccc(Cc2c(-c3cccc(Cl)c3)nn3cc(Cl)ccc23)n1.COC(=O)c1cccc(Cc2c(-c3ccccc3C(F)(F)F)nn3cc(Cl)ccc23)n1.COC(=O)c1cccc(Cc2c(-c3ccccc3Cl)nn3cc(Cl)ccc23)n1.COC(=O)c1cccc(Cc2c(C3(C)CC3)nn3cc(C)ccc23)n1. The second-order valence-corrected chi connectivity index (χ2v) is 35.4. The van der Waals surface area contributed by atoms with Crippen molar-refractivity contribution < 1.29 is 60.8 Å². The van der Waals surface area contributed by atoms with E-state index in [1.807, 2.05) is 144 Å². The minimum atomic E-state index is -4.55. The predicted octanol–water partition coefficient (Wildman–Crippen LogP) is 24.2. The van der Waals surface area contributed by atoms with Crippen molar-refractivity contribution in [2.24, 2.45) is 0 Å². The van der Waals surface area contributed by atoms with Crippen LogP contribution in [0.1, 0.15) is 145 Å². The number of aryl methyl sites for hydroxylation is 1. The highest BCUT2D eigenvalue weighted by molar-refractivity contribution is 6.34. The lowest BCUT2D eigenvalue weighted by atomic mass is 9.97. The molecule has 0 atom stereocenters. The maximum absolute atomic E-state index is 13.7. The topological polar surface area (TPSA) is 282 Å². The molecule has 0 aliphatic heterocycles. The number of carbonyl (C=O) groups is 5. The van der Waals surface area contributed by atoms with Gasteiger partial charge in [0.1, 0.15) is 28.5 Å². The Balaban J connectivity index is 0.000000126. The molecule has 1 aliphatic rings. The number of carbonyl (C=O) groups excluding carboxylic acids is 5. The van der Waals surface area contributed by atoms with Crippen LogP contribution < -0.4 is 0 Å². The molecule has 20 rings (SSSR count). The van der Waals surface area contributed by atoms with Gasteiger partial charge in [-0.1, -0.05) is 185 Å². The van der Waals surface area contributed by atoms with Gasteiger partial charge in [-0.3, -0.25) is 0 Å². The first-order valence-electron chi connectivity index (χ1n) is 43.2. The average Bonchev–Trinajstić information content (AvgIpc) is 1.58. The summed E-state index contributed by atoms with van der Waals surface area (Å²) in [6.07, 6.45) is 8.89. The van der Waals surface area contributed by atoms with Gasteiger partial charge in [-0.05, 0) is 177 Å². The average molecular weight is 2020 g/mol. The van der Waals surface area contributed by atoms with Crippen molar-refractivity contribution in [2.75, 3.05) is 35.5 Å². The van der Waals surface area contributed by atoms with Gasteiger partial charge in [-0.2, -0.15) is 38.7 Å². The first-order chi connectivity index (χ1) is 67.4. The minimum absolute atomic E-state index is 0.0473. The summed E-state index contributed by atoms with van der Waals surface area (Å²) in [6.45, 7) is 4.34. The summed E-state index contributed by atoms with van der Waals surface area (Å²) in [5.74, 6) is -2.42. The maximum atomic E-state index is 13.7. The molecule has 706 valence electrons. The largest absolute Gasteiger partial charge is 0.464 e. The Morgan fingerprint density at radius 1 is 0.321 bits per heavy atom. The molecule has 0 spiro atoms. The van der Waals surface area contributed by atoms with E-state index in [0.29, 0.717) is 83.3 Å². The fourth-order valence-corrected chi connectivity index (χ4v) is 17.1. The Morgan fingerprint density at radius 2 is 0.636 bits per heavy atom. The van der Waals surface area contributed by atoms with Crippen LogP contribution in [0.15, 0.2) is 280 Å². The normalized spacial score (nSPS) is 11.9. The lowest BCUT2D eigenvalue weighted by molar-refractivity contribution is -0.137. The number of benzene rings is 4. The van der Waals surface area contributed by atoms with Crippen molar-refractivity contribution in [2.45, 2.75) is 70.4 Å². The number of hydrogen-bond acceptors (Lipinski definition) is 20. The smallest absolute Gasteiger partial charge is 0.417 e. The Bertz CT molecular complexity index is 7940. The van der Waals surface area contributed by atoms with Crippen LogP contribution in [-0.2, 0) is 67.4 Å². The number of halogens is 10. The highest BCUT2D eigenvalue weighted by Gasteiger charge is 2.44. The molecule has 15 heterocycles. The Hall–Kier alpha value is -14.8. The fraction of sp³-hybridized carbons (Fsp3) is 0.152. The van der Waals surface area contributed by atoms with E-state index < -0.39 is 41.6 Å². The molecule has 15 aromatic heterocycles. The summed E-state index contributed by atoms with van der Waals surface area (Å²) < 4.78 is 73.5. The number of methoxy groups -OCH3 is 5. The molecule has 140 heavy (non-hydrogen) atoms. The van der Waals surface area contributed by atoms with Crippen LogP contribution in [0.3, 0.4) is 0 Å². The third-order valence-corrected chi connectivity index (χ3v) is 24.6. The van der Waals surface area contributed by atoms with E-state index in [4.69, 9.17) is 125 Å². The van der Waals surface area contributed by atoms with Crippen molar-refractivity contribution in [3.63, 3.8) is 0 Å². The molecule has 4 aromatic carbocycles. The third kappa shape index (κ3) is 22.6. The van der Waals surface area contributed by atoms with Crippen molar-refractivity contribution >= 4 is 139 Å². The fourth-order valence-electron chi connectivity index (χ4n) is 15.9. The predicted molar refractivity (Wildman–Crippen MR) is 531 cm³/mol. The summed E-state index contributed by atoms with van der Waals surface area (Å²) in [5.41, 5.74) is 20.6. The summed E-state index contributed by atoms with van der Waals surface area (Å²) in [5, 5.41) is 27.4. The molecular weight excluding hydrogens is 1940 g/mol. The van der Waals surface area contributed by atoms with Gasteiger partial charge >= 0.3 is 36.0 Å². The number of alkyl halides is 3. The monoisotopic (exact) mass is 2010 g/mol. The van der Waals surface area contributed by atoms with E-state index in [0.717, 1.165) is 107 Å². The number of ether oxygens (including phenoxy) is 5. The molecule has 1 saturated carbocycles. The highest BCUT2D eigenvalue weighted by Crippen LogP contribution is 2.50. The van der Waals surface area contributed by atoms with Crippen LogP contribution >= 0.6 is 81.2 Å². The van der Waals surface area contributed by atoms with Gasteiger partial charge in [0, 0.05) is 157 Å². The van der Waals surface area contributed by atoms with E-state index in [1.54, 1.807) is 98.9 Å². The molecule has 35 heteroatoms. The number of fused-ring (bicyclic) bond motifs is 5. The van der Waals surface area contributed by atoms with E-state index in [-0.39, 0.29) is 45.9 Å². The van der Waals surface area contributed by atoms with Gasteiger partial charge in [0.05, 0.1) is 122 Å². The van der Waals surface area contributed by atoms with E-state index in [2.05, 4.69) is 62.2 Å². The molecule has 25 nitrogen and oxygen atoms in total. The molecule has 19 aromatic rings. The van der Waals surface area contributed by atoms with Gasteiger partial charge in [0.25, 0.3) is 0 Å². The standard InChI is InChI=1S/C22H15ClF3N3O2.3C21H15Cl2N3O2.C20H21N3O2/c1-31-21(30)18-8-4-5-14(27-18)11-16-19-10-9-13(23)12-29(19)28-20(16)15-6-2-3-7-17(15)22(24,25)26;1-28-21(27)18-7-3-6-16(24-18)11-17-19-9-8-15(23)12-26(19)25-20(17)13-4-2-5-14(22)10-13;1-28-21(27)18-8-4-5-14(24-18)11-16-19-10-9-13(22)12-26(19)25-20(16)15-6-2-3-7-17(15)23;1-28-21(27)18-4-2-3-16(24-18)11-17-19-10-9-15(23)12-26(19)25-20(17)13-5-7-14(22)8-6-13;1-13-7-8-17-15(18(20(2)9-10-20)22-23(17)12-13)11-14-5-4-6-16(21-14)19(24)25-3/h2-10,12H,11H2,1H3;3*2-10,12H,11H2,1H3;4-8,12H,9-11H2,1-3H3. The Kier molecular flexibility index (Phi) is 30.3. The quantitative estimate of drug-likeness (QED) is 0.0506. The van der Waals surface area contributed by atoms with Crippen molar-refractivity contribution in [3.05, 3.63) is 416 Å². The van der Waals surface area contributed by atoms with Crippen LogP contribution in [0.25, 0.3) is 72.6 Å². The first-order valence-corrected chi connectivity index (χ1v) is 45.9. The third-order valence-electron chi connectivity index (χ3n) is 22.9. The molecule has 0 N–H and O–H groups in total. The molecule has 0 radical (unpaired) electrons. The van der Waals surface area contributed by atoms with Crippen LogP contribution in [0.4, 0.5) is 13.2 Å². The van der Waals surface area contributed by atoms with Crippen LogP contribution in [0.2, 0.25) is 35.2 Å². The number of pyridine rings is 10. The van der Waals surface area contributed by atoms with E-state index in [1.165, 1.54) is 94.5 Å². The van der Waals surface area contributed by atoms with Crippen molar-refractivity contribution in [1.29, 1.82) is 0 Å². The first kappa shape index (κ1) is 98.3. The van der Waals surface area contributed by atoms with Crippen molar-refractivity contribution in [1.82, 2.24) is 73.0 Å². The lowest BCUT2D eigenvalue weighted by Crippen LogP contribution is -2.08. The lowest BCUT2D eigenvalue weighted by Gasteiger charge is -2.12. The number of aromatic nitrogens is 15. The molecular formula is C105H81Cl7F3N15O10. The zero-order chi connectivity index (χ0) is 98.8. The highest BCUT2D eigenvalue weighted by atomic mass is 35.5. The second-order valence-electron chi connectivity index (χ2n) is 32.4. The van der Waals surface area contributed by atoms with Crippen LogP contribution in [0, 0.1) is 6.92 Å². The minimum Gasteiger partial charge on any atom is -0.464 e. The molecule has 0 saturated heterocycles. The summed E-state index contributed by atoms with van der Waals surface area (Å²) in [6, 6.07) is 72.8. The van der Waals surface area contributed by atoms with Crippen molar-refractivity contribution in [3.8, 4) is 45.0 Å². The number of esters is 5. The molecule has 1 fully saturated rings. The van der Waals surface area contributed by atoms with Gasteiger partial charge in [0.2, 0.25) is 0 Å². The van der Waals surface area contributed by atoms with Crippen LogP contribution in [-0.4, -0.2) is 138 Å². The summed E-state index contributed by atoms with van der Waals surface area (Å²) in [7, 11) is 6.63. The Labute approximate surface area is 833 Å². The molecule has 0 bridgehead atoms. The van der Waals surface area contributed by atoms with Crippen LogP contribution in [0.5, 0.6) is 0 Å². The number of nitrogens with zero attached hydrogens (tertiary/aromatic N) is 15. The maximum Gasteiger partial charge on any atom is 0.417 e. The molecule has 1 aliphatic carbocycles.